The highest BCUT2D eigenvalue weighted by Gasteiger charge is 2.08. The van der Waals surface area contributed by atoms with Crippen LogP contribution < -0.4 is 4.90 Å². The quantitative estimate of drug-likeness (QED) is 0.710. The van der Waals surface area contributed by atoms with Gasteiger partial charge in [-0.3, -0.25) is 0 Å². The van der Waals surface area contributed by atoms with E-state index in [2.05, 4.69) is 17.0 Å². The van der Waals surface area contributed by atoms with Crippen molar-refractivity contribution in [3.8, 4) is 0 Å². The molecule has 0 atom stereocenters. The summed E-state index contributed by atoms with van der Waals surface area (Å²) in [4.78, 5) is 2.44. The molecule has 0 aliphatic carbocycles. The van der Waals surface area contributed by atoms with Crippen LogP contribution in [0.15, 0.2) is 24.3 Å². The molecule has 0 saturated carbocycles. The van der Waals surface area contributed by atoms with Gasteiger partial charge < -0.3 is 4.90 Å². The largest absolute Gasteiger partial charge is 0.353 e. The summed E-state index contributed by atoms with van der Waals surface area (Å²) in [6, 6.07) is 8.21. The van der Waals surface area contributed by atoms with Crippen molar-refractivity contribution < 1.29 is 0 Å². The van der Waals surface area contributed by atoms with E-state index in [1.807, 2.05) is 35.7 Å². The highest BCUT2D eigenvalue weighted by molar-refractivity contribution is 8.00. The van der Waals surface area contributed by atoms with E-state index >= 15 is 0 Å². The molecule has 0 aromatic heterocycles. The number of nitrogens with zero attached hydrogens (tertiary/aromatic N) is 1. The Hall–Kier alpha value is 0.01000. The van der Waals surface area contributed by atoms with Gasteiger partial charge in [-0.15, -0.1) is 23.5 Å². The van der Waals surface area contributed by atoms with Gasteiger partial charge in [0.2, 0.25) is 0 Å². The van der Waals surface area contributed by atoms with Gasteiger partial charge in [-0.1, -0.05) is 30.5 Å². The summed E-state index contributed by atoms with van der Waals surface area (Å²) >= 11 is 10.2. The Morgan fingerprint density at radius 2 is 1.61 bits per heavy atom. The summed E-state index contributed by atoms with van der Waals surface area (Å²) in [6.07, 6.45) is 5.51. The fourth-order valence-corrected chi connectivity index (χ4v) is 4.27. The van der Waals surface area contributed by atoms with E-state index in [4.69, 9.17) is 11.6 Å². The predicted octanol–water partition coefficient (Wildman–Crippen LogP) is 5.10. The zero-order valence-corrected chi connectivity index (χ0v) is 13.0. The summed E-state index contributed by atoms with van der Waals surface area (Å²) in [6.45, 7) is 0. The fourth-order valence-electron chi connectivity index (χ4n) is 1.97. The van der Waals surface area contributed by atoms with Gasteiger partial charge in [-0.2, -0.15) is 0 Å². The normalized spacial score (nSPS) is 19.3. The molecule has 1 fully saturated rings. The van der Waals surface area contributed by atoms with E-state index < -0.39 is 0 Å². The molecule has 4 heteroatoms. The average Bonchev–Trinajstić information content (AvgIpc) is 2.43. The molecule has 2 rings (SSSR count). The Bertz CT molecular complexity index is 347. The summed E-state index contributed by atoms with van der Waals surface area (Å²) in [7, 11) is 0. The minimum Gasteiger partial charge on any atom is -0.353 e. The number of hydrogen-bond acceptors (Lipinski definition) is 3. The summed E-state index contributed by atoms with van der Waals surface area (Å²) < 4.78 is 0. The monoisotopic (exact) mass is 301 g/mol. The lowest BCUT2D eigenvalue weighted by Gasteiger charge is -2.24. The van der Waals surface area contributed by atoms with E-state index in [9.17, 15) is 0 Å². The first kappa shape index (κ1) is 14.4. The lowest BCUT2D eigenvalue weighted by atomic mass is 10.2. The van der Waals surface area contributed by atoms with Crippen molar-refractivity contribution >= 4 is 40.8 Å². The summed E-state index contributed by atoms with van der Waals surface area (Å²) in [5.41, 5.74) is 1.25. The molecule has 1 aliphatic heterocycles. The van der Waals surface area contributed by atoms with Crippen LogP contribution in [0.3, 0.4) is 0 Å². The molecule has 0 spiro atoms. The van der Waals surface area contributed by atoms with E-state index in [1.54, 1.807) is 0 Å². The molecule has 1 saturated heterocycles. The van der Waals surface area contributed by atoms with Crippen molar-refractivity contribution in [1.29, 1.82) is 0 Å². The van der Waals surface area contributed by atoms with Crippen molar-refractivity contribution in [2.24, 2.45) is 0 Å². The van der Waals surface area contributed by atoms with Crippen LogP contribution in [-0.2, 0) is 0 Å². The predicted molar refractivity (Wildman–Crippen MR) is 87.0 cm³/mol. The molecule has 1 aromatic carbocycles. The number of anilines is 1. The number of halogens is 1. The molecular formula is C14H20ClNS2. The fraction of sp³-hybridized carbons (Fsp3) is 0.571. The lowest BCUT2D eigenvalue weighted by molar-refractivity contribution is 0.711. The van der Waals surface area contributed by atoms with Crippen molar-refractivity contribution in [2.75, 3.05) is 28.2 Å². The minimum absolute atomic E-state index is 0.830. The molecule has 1 aromatic rings. The first-order valence-electron chi connectivity index (χ1n) is 6.52. The second kappa shape index (κ2) is 8.23. The van der Waals surface area contributed by atoms with Crippen molar-refractivity contribution in [3.05, 3.63) is 29.3 Å². The third-order valence-electron chi connectivity index (χ3n) is 2.99. The molecule has 0 unspecified atom stereocenters. The lowest BCUT2D eigenvalue weighted by Crippen LogP contribution is -2.22. The average molecular weight is 302 g/mol. The number of hydrogen-bond donors (Lipinski definition) is 0. The van der Waals surface area contributed by atoms with Gasteiger partial charge in [0.1, 0.15) is 0 Å². The van der Waals surface area contributed by atoms with Crippen LogP contribution >= 0.6 is 35.1 Å². The maximum atomic E-state index is 6.08. The van der Waals surface area contributed by atoms with Gasteiger partial charge in [0, 0.05) is 10.7 Å². The molecule has 0 bridgehead atoms. The highest BCUT2D eigenvalue weighted by Crippen LogP contribution is 2.25. The topological polar surface area (TPSA) is 3.24 Å². The highest BCUT2D eigenvalue weighted by atomic mass is 35.5. The van der Waals surface area contributed by atoms with Crippen LogP contribution in [0.2, 0.25) is 5.02 Å². The molecule has 0 N–H and O–H groups in total. The Labute approximate surface area is 124 Å². The van der Waals surface area contributed by atoms with Gasteiger partial charge in [0.05, 0.1) is 11.8 Å². The van der Waals surface area contributed by atoms with Gasteiger partial charge in [-0.05, 0) is 42.5 Å². The van der Waals surface area contributed by atoms with Crippen molar-refractivity contribution in [1.82, 2.24) is 0 Å². The van der Waals surface area contributed by atoms with Gasteiger partial charge in [0.15, 0.2) is 0 Å². The van der Waals surface area contributed by atoms with E-state index in [-0.39, 0.29) is 0 Å². The second-order valence-corrected chi connectivity index (χ2v) is 7.09. The van der Waals surface area contributed by atoms with Crippen LogP contribution in [-0.4, -0.2) is 23.3 Å². The summed E-state index contributed by atoms with van der Waals surface area (Å²) in [5, 5.41) is 0.830. The molecule has 100 valence electrons. The molecule has 18 heavy (non-hydrogen) atoms. The number of thioether (sulfide) groups is 2. The maximum Gasteiger partial charge on any atom is 0.0648 e. The summed E-state index contributed by atoms with van der Waals surface area (Å²) in [5.74, 6) is 4.71. The Morgan fingerprint density at radius 3 is 2.22 bits per heavy atom. The Kier molecular flexibility index (Phi) is 6.60. The Balaban J connectivity index is 1.98. The van der Waals surface area contributed by atoms with Gasteiger partial charge in [0.25, 0.3) is 0 Å². The van der Waals surface area contributed by atoms with Crippen LogP contribution in [0, 0.1) is 0 Å². The smallest absolute Gasteiger partial charge is 0.0648 e. The molecular weight excluding hydrogens is 282 g/mol. The second-order valence-electron chi connectivity index (χ2n) is 4.51. The maximum absolute atomic E-state index is 6.08. The Morgan fingerprint density at radius 1 is 0.944 bits per heavy atom. The van der Waals surface area contributed by atoms with Crippen LogP contribution in [0.25, 0.3) is 0 Å². The zero-order chi connectivity index (χ0) is 12.6. The first-order valence-corrected chi connectivity index (χ1v) is 9.21. The van der Waals surface area contributed by atoms with E-state index in [1.165, 1.54) is 42.9 Å². The number of benzene rings is 1. The standard InChI is InChI=1S/C14H20ClNS2/c15-13-6-5-7-14(10-13)16-11-17-8-3-1-2-4-9-18-12-16/h5-7,10H,1-4,8-9,11-12H2. The minimum atomic E-state index is 0.830. The molecule has 1 heterocycles. The van der Waals surface area contributed by atoms with Gasteiger partial charge in [-0.25, -0.2) is 0 Å². The van der Waals surface area contributed by atoms with Crippen molar-refractivity contribution in [2.45, 2.75) is 25.7 Å². The number of rotatable bonds is 1. The van der Waals surface area contributed by atoms with Crippen LogP contribution in [0.1, 0.15) is 25.7 Å². The third-order valence-corrected chi connectivity index (χ3v) is 5.37. The molecule has 1 aliphatic rings. The zero-order valence-electron chi connectivity index (χ0n) is 10.6. The first-order chi connectivity index (χ1) is 8.86. The van der Waals surface area contributed by atoms with Crippen LogP contribution in [0.4, 0.5) is 5.69 Å². The van der Waals surface area contributed by atoms with E-state index in [0.29, 0.717) is 0 Å². The molecule has 0 amide bonds. The third kappa shape index (κ3) is 4.94. The van der Waals surface area contributed by atoms with Gasteiger partial charge >= 0.3 is 0 Å². The SMILES string of the molecule is Clc1cccc(N2CSCCCCCCSC2)c1. The van der Waals surface area contributed by atoms with E-state index in [0.717, 1.165) is 16.8 Å². The molecule has 1 nitrogen and oxygen atoms in total. The van der Waals surface area contributed by atoms with Crippen LogP contribution in [0.5, 0.6) is 0 Å². The molecule has 0 radical (unpaired) electrons. The van der Waals surface area contributed by atoms with Crippen molar-refractivity contribution in [3.63, 3.8) is 0 Å².